The molecule has 0 amide bonds. The van der Waals surface area contributed by atoms with Crippen molar-refractivity contribution in [3.63, 3.8) is 0 Å². The number of nitrogens with zero attached hydrogens (tertiary/aromatic N) is 7. The molecule has 1 fully saturated rings. The molecule has 2 aromatic carbocycles. The van der Waals surface area contributed by atoms with Crippen molar-refractivity contribution >= 4 is 44.0 Å². The molecule has 5 rings (SSSR count). The summed E-state index contributed by atoms with van der Waals surface area (Å²) in [4.78, 5) is 21.7. The normalized spacial score (nSPS) is 13.8. The molecular weight excluding hydrogens is 424 g/mol. The Hall–Kier alpha value is -3.97. The van der Waals surface area contributed by atoms with Crippen molar-refractivity contribution in [2.24, 2.45) is 0 Å². The average Bonchev–Trinajstić information content (AvgIpc) is 3.26. The quantitative estimate of drug-likeness (QED) is 0.496. The topological polar surface area (TPSA) is 103 Å². The second-order valence-electron chi connectivity index (χ2n) is 7.24. The molecule has 0 atom stereocenters. The Morgan fingerprint density at radius 3 is 2.56 bits per heavy atom. The van der Waals surface area contributed by atoms with Crippen molar-refractivity contribution < 1.29 is 4.74 Å². The highest BCUT2D eigenvalue weighted by atomic mass is 32.1. The maximum atomic E-state index is 9.19. The van der Waals surface area contributed by atoms with Gasteiger partial charge in [0, 0.05) is 31.9 Å². The van der Waals surface area contributed by atoms with Crippen LogP contribution in [0.5, 0.6) is 5.75 Å². The molecule has 0 spiro atoms. The number of rotatable bonds is 5. The largest absolute Gasteiger partial charge is 0.495 e. The van der Waals surface area contributed by atoms with Crippen molar-refractivity contribution in [1.82, 2.24) is 19.9 Å². The Balaban J connectivity index is 1.32. The van der Waals surface area contributed by atoms with E-state index in [1.54, 1.807) is 36.6 Å². The van der Waals surface area contributed by atoms with Gasteiger partial charge in [-0.25, -0.2) is 19.9 Å². The SMILES string of the molecule is COc1ccc(C#N)cc1Nc1nc2cc(N3CCN(c4ncncn4)CC3)ccc2s1. The van der Waals surface area contributed by atoms with Crippen molar-refractivity contribution in [3.8, 4) is 11.8 Å². The molecular formula is C22H20N8OS. The number of hydrogen-bond donors (Lipinski definition) is 1. The highest BCUT2D eigenvalue weighted by Gasteiger charge is 2.20. The van der Waals surface area contributed by atoms with E-state index in [-0.39, 0.29) is 0 Å². The van der Waals surface area contributed by atoms with Crippen LogP contribution < -0.4 is 19.9 Å². The van der Waals surface area contributed by atoms with Gasteiger partial charge < -0.3 is 19.9 Å². The lowest BCUT2D eigenvalue weighted by Crippen LogP contribution is -2.47. The van der Waals surface area contributed by atoms with E-state index >= 15 is 0 Å². The van der Waals surface area contributed by atoms with Crippen LogP contribution in [-0.2, 0) is 0 Å². The summed E-state index contributed by atoms with van der Waals surface area (Å²) in [6, 6.07) is 13.8. The van der Waals surface area contributed by atoms with E-state index in [2.05, 4.69) is 54.3 Å². The van der Waals surface area contributed by atoms with Crippen LogP contribution in [-0.4, -0.2) is 53.2 Å². The number of nitriles is 1. The average molecular weight is 445 g/mol. The van der Waals surface area contributed by atoms with Crippen LogP contribution in [0.15, 0.2) is 49.1 Å². The zero-order valence-corrected chi connectivity index (χ0v) is 18.2. The highest BCUT2D eigenvalue weighted by Crippen LogP contribution is 2.34. The van der Waals surface area contributed by atoms with E-state index in [0.717, 1.165) is 58.9 Å². The zero-order valence-electron chi connectivity index (χ0n) is 17.4. The lowest BCUT2D eigenvalue weighted by atomic mass is 10.2. The van der Waals surface area contributed by atoms with Crippen molar-refractivity contribution in [2.75, 3.05) is 48.4 Å². The standard InChI is InChI=1S/C22H20N8OS/c1-31-19-4-2-15(12-23)10-17(19)27-22-28-18-11-16(3-5-20(18)32-22)29-6-8-30(9-7-29)21-25-13-24-14-26-21/h2-5,10-11,13-14H,6-9H2,1H3,(H,27,28). The highest BCUT2D eigenvalue weighted by molar-refractivity contribution is 7.22. The number of aromatic nitrogens is 4. The van der Waals surface area contributed by atoms with E-state index in [1.807, 2.05) is 0 Å². The first-order valence-electron chi connectivity index (χ1n) is 10.1. The van der Waals surface area contributed by atoms with Crippen LogP contribution in [0.3, 0.4) is 0 Å². The Morgan fingerprint density at radius 2 is 1.81 bits per heavy atom. The second kappa shape index (κ2) is 8.64. The van der Waals surface area contributed by atoms with Gasteiger partial charge in [-0.15, -0.1) is 0 Å². The predicted molar refractivity (Wildman–Crippen MR) is 125 cm³/mol. The van der Waals surface area contributed by atoms with Crippen LogP contribution in [0.25, 0.3) is 10.2 Å². The van der Waals surface area contributed by atoms with E-state index in [9.17, 15) is 5.26 Å². The minimum absolute atomic E-state index is 0.563. The van der Waals surface area contributed by atoms with Gasteiger partial charge in [0.15, 0.2) is 5.13 Å². The number of anilines is 4. The molecule has 1 aliphatic heterocycles. The number of fused-ring (bicyclic) bond motifs is 1. The molecule has 10 heteroatoms. The van der Waals surface area contributed by atoms with Gasteiger partial charge in [0.25, 0.3) is 0 Å². The van der Waals surface area contributed by atoms with E-state index < -0.39 is 0 Å². The number of nitrogens with one attached hydrogen (secondary N) is 1. The Kier molecular flexibility index (Phi) is 5.39. The van der Waals surface area contributed by atoms with Crippen molar-refractivity contribution in [3.05, 3.63) is 54.6 Å². The van der Waals surface area contributed by atoms with Crippen LogP contribution in [0.2, 0.25) is 0 Å². The Bertz CT molecular complexity index is 1280. The fourth-order valence-corrected chi connectivity index (χ4v) is 4.58. The summed E-state index contributed by atoms with van der Waals surface area (Å²) >= 11 is 1.57. The third kappa shape index (κ3) is 3.98. The summed E-state index contributed by atoms with van der Waals surface area (Å²) in [7, 11) is 1.61. The summed E-state index contributed by atoms with van der Waals surface area (Å²) in [5.41, 5.74) is 3.37. The molecule has 0 radical (unpaired) electrons. The Labute approximate surface area is 189 Å². The molecule has 1 N–H and O–H groups in total. The molecule has 0 saturated carbocycles. The maximum Gasteiger partial charge on any atom is 0.228 e. The third-order valence-electron chi connectivity index (χ3n) is 5.35. The van der Waals surface area contributed by atoms with E-state index in [0.29, 0.717) is 11.3 Å². The minimum Gasteiger partial charge on any atom is -0.495 e. The maximum absolute atomic E-state index is 9.19. The third-order valence-corrected chi connectivity index (χ3v) is 6.30. The molecule has 0 unspecified atom stereocenters. The Morgan fingerprint density at radius 1 is 1.03 bits per heavy atom. The van der Waals surface area contributed by atoms with Crippen LogP contribution in [0.4, 0.5) is 22.5 Å². The lowest BCUT2D eigenvalue weighted by Gasteiger charge is -2.35. The summed E-state index contributed by atoms with van der Waals surface area (Å²) in [5.74, 6) is 1.39. The number of hydrogen-bond acceptors (Lipinski definition) is 10. The molecule has 160 valence electrons. The van der Waals surface area contributed by atoms with Crippen LogP contribution in [0, 0.1) is 11.3 Å². The van der Waals surface area contributed by atoms with Crippen LogP contribution >= 0.6 is 11.3 Å². The second-order valence-corrected chi connectivity index (χ2v) is 8.27. The lowest BCUT2D eigenvalue weighted by molar-refractivity contribution is 0.417. The van der Waals surface area contributed by atoms with Gasteiger partial charge in [-0.05, 0) is 36.4 Å². The monoisotopic (exact) mass is 444 g/mol. The summed E-state index contributed by atoms with van der Waals surface area (Å²) < 4.78 is 6.51. The molecule has 0 aliphatic carbocycles. The van der Waals surface area contributed by atoms with Crippen molar-refractivity contribution in [1.29, 1.82) is 5.26 Å². The molecule has 32 heavy (non-hydrogen) atoms. The van der Waals surface area contributed by atoms with Crippen LogP contribution in [0.1, 0.15) is 5.56 Å². The van der Waals surface area contributed by atoms with Gasteiger partial charge in [-0.3, -0.25) is 0 Å². The number of methoxy groups -OCH3 is 1. The smallest absolute Gasteiger partial charge is 0.228 e. The first-order chi connectivity index (χ1) is 15.7. The molecule has 1 aliphatic rings. The number of ether oxygens (including phenoxy) is 1. The predicted octanol–water partition coefficient (Wildman–Crippen LogP) is 3.43. The van der Waals surface area contributed by atoms with Gasteiger partial charge >= 0.3 is 0 Å². The van der Waals surface area contributed by atoms with Gasteiger partial charge in [0.05, 0.1) is 34.6 Å². The molecule has 2 aromatic heterocycles. The summed E-state index contributed by atoms with van der Waals surface area (Å²) in [6.07, 6.45) is 3.06. The first kappa shape index (κ1) is 20.0. The molecule has 1 saturated heterocycles. The number of thiazole rings is 1. The van der Waals surface area contributed by atoms with Gasteiger partial charge in [-0.1, -0.05) is 11.3 Å². The molecule has 3 heterocycles. The fraction of sp³-hybridized carbons (Fsp3) is 0.227. The molecule has 0 bridgehead atoms. The molecule has 9 nitrogen and oxygen atoms in total. The minimum atomic E-state index is 0.563. The zero-order chi connectivity index (χ0) is 21.9. The van der Waals surface area contributed by atoms with Gasteiger partial charge in [-0.2, -0.15) is 5.26 Å². The number of piperazine rings is 1. The van der Waals surface area contributed by atoms with Gasteiger partial charge in [0.1, 0.15) is 18.4 Å². The van der Waals surface area contributed by atoms with E-state index in [4.69, 9.17) is 9.72 Å². The molecule has 4 aromatic rings. The summed E-state index contributed by atoms with van der Waals surface area (Å²) in [6.45, 7) is 3.46. The number of benzene rings is 2. The fourth-order valence-electron chi connectivity index (χ4n) is 3.72. The van der Waals surface area contributed by atoms with Gasteiger partial charge in [0.2, 0.25) is 5.95 Å². The first-order valence-corrected chi connectivity index (χ1v) is 10.9. The summed E-state index contributed by atoms with van der Waals surface area (Å²) in [5, 5.41) is 13.3. The van der Waals surface area contributed by atoms with E-state index in [1.165, 1.54) is 12.7 Å². The van der Waals surface area contributed by atoms with Crippen molar-refractivity contribution in [2.45, 2.75) is 0 Å².